The van der Waals surface area contributed by atoms with E-state index in [-0.39, 0.29) is 23.6 Å². The van der Waals surface area contributed by atoms with Crippen LogP contribution in [0.4, 0.5) is 5.69 Å². The van der Waals surface area contributed by atoms with E-state index < -0.39 is 17.9 Å². The number of hydrogen-bond donors (Lipinski definition) is 0. The molecular formula is C24H23ClN2O3. The lowest BCUT2D eigenvalue weighted by Gasteiger charge is -2.27. The summed E-state index contributed by atoms with van der Waals surface area (Å²) in [6.45, 7) is 4.71. The zero-order chi connectivity index (χ0) is 21.2. The Labute approximate surface area is 180 Å². The summed E-state index contributed by atoms with van der Waals surface area (Å²) in [6.07, 6.45) is 1.77. The van der Waals surface area contributed by atoms with E-state index in [1.165, 1.54) is 4.90 Å². The summed E-state index contributed by atoms with van der Waals surface area (Å²) < 4.78 is 0. The second-order valence-electron chi connectivity index (χ2n) is 8.60. The van der Waals surface area contributed by atoms with Crippen molar-refractivity contribution in [1.29, 1.82) is 0 Å². The van der Waals surface area contributed by atoms with Crippen molar-refractivity contribution in [3.8, 4) is 0 Å². The van der Waals surface area contributed by atoms with Gasteiger partial charge in [-0.2, -0.15) is 0 Å². The molecule has 0 spiro atoms. The molecule has 3 saturated heterocycles. The van der Waals surface area contributed by atoms with Crippen LogP contribution in [-0.4, -0.2) is 41.1 Å². The maximum atomic E-state index is 13.5. The number of hydrogen-bond acceptors (Lipinski definition) is 4. The molecule has 2 aromatic carbocycles. The molecule has 30 heavy (non-hydrogen) atoms. The highest BCUT2D eigenvalue weighted by Crippen LogP contribution is 2.48. The Morgan fingerprint density at radius 3 is 2.37 bits per heavy atom. The van der Waals surface area contributed by atoms with Crippen molar-refractivity contribution in [1.82, 2.24) is 4.90 Å². The number of benzene rings is 2. The summed E-state index contributed by atoms with van der Waals surface area (Å²) in [7, 11) is 0. The minimum Gasteiger partial charge on any atom is -0.292 e. The summed E-state index contributed by atoms with van der Waals surface area (Å²) >= 11 is 5.98. The smallest absolute Gasteiger partial charge is 0.239 e. The molecule has 2 aromatic rings. The Kier molecular flexibility index (Phi) is 4.56. The molecule has 5 nitrogen and oxygen atoms in total. The van der Waals surface area contributed by atoms with Crippen LogP contribution in [-0.2, 0) is 9.59 Å². The molecule has 3 aliphatic rings. The third kappa shape index (κ3) is 2.76. The third-order valence-electron chi connectivity index (χ3n) is 7.00. The van der Waals surface area contributed by atoms with Gasteiger partial charge >= 0.3 is 0 Å². The lowest BCUT2D eigenvalue weighted by Crippen LogP contribution is -2.46. The van der Waals surface area contributed by atoms with E-state index in [4.69, 9.17) is 11.6 Å². The first-order chi connectivity index (χ1) is 14.4. The van der Waals surface area contributed by atoms with Crippen molar-refractivity contribution in [3.05, 3.63) is 64.2 Å². The first-order valence-corrected chi connectivity index (χ1v) is 10.8. The number of Topliss-reactive ketones (excluding diaryl/α,β-unsaturated/α-hetero) is 1. The van der Waals surface area contributed by atoms with E-state index in [1.54, 1.807) is 24.3 Å². The van der Waals surface area contributed by atoms with Gasteiger partial charge in [-0.05, 0) is 80.8 Å². The number of ketones is 1. The van der Waals surface area contributed by atoms with E-state index in [9.17, 15) is 14.4 Å². The fourth-order valence-corrected chi connectivity index (χ4v) is 5.55. The lowest BCUT2D eigenvalue weighted by molar-refractivity contribution is -0.123. The lowest BCUT2D eigenvalue weighted by atomic mass is 9.85. The molecular weight excluding hydrogens is 400 g/mol. The molecule has 3 fully saturated rings. The number of imide groups is 1. The highest BCUT2D eigenvalue weighted by atomic mass is 35.5. The SMILES string of the molecule is Cc1ccc(N2C(=O)[C@@H]3[C@H](C2=O)[C@@H](C(=O)c2ccc(Cl)cc2)N2CCC[C@@H]32)cc1C. The van der Waals surface area contributed by atoms with Crippen molar-refractivity contribution >= 4 is 34.9 Å². The largest absolute Gasteiger partial charge is 0.292 e. The first-order valence-electron chi connectivity index (χ1n) is 10.4. The van der Waals surface area contributed by atoms with Crippen LogP contribution >= 0.6 is 11.6 Å². The van der Waals surface area contributed by atoms with Crippen LogP contribution in [0.25, 0.3) is 0 Å². The van der Waals surface area contributed by atoms with Crippen LogP contribution in [0.15, 0.2) is 42.5 Å². The van der Waals surface area contributed by atoms with E-state index in [1.807, 2.05) is 32.0 Å². The summed E-state index contributed by atoms with van der Waals surface area (Å²) in [5.74, 6) is -1.61. The predicted molar refractivity (Wildman–Crippen MR) is 115 cm³/mol. The van der Waals surface area contributed by atoms with Crippen LogP contribution in [0.3, 0.4) is 0 Å². The minimum absolute atomic E-state index is 0.0516. The van der Waals surface area contributed by atoms with Gasteiger partial charge in [0, 0.05) is 16.6 Å². The van der Waals surface area contributed by atoms with Crippen LogP contribution in [0.2, 0.25) is 5.02 Å². The number of halogens is 1. The fraction of sp³-hybridized carbons (Fsp3) is 0.375. The third-order valence-corrected chi connectivity index (χ3v) is 7.25. The molecule has 0 unspecified atom stereocenters. The molecule has 3 aliphatic heterocycles. The number of carbonyl (C=O) groups is 3. The monoisotopic (exact) mass is 422 g/mol. The molecule has 5 rings (SSSR count). The van der Waals surface area contributed by atoms with E-state index in [2.05, 4.69) is 4.90 Å². The summed E-state index contributed by atoms with van der Waals surface area (Å²) in [4.78, 5) is 43.9. The Bertz CT molecular complexity index is 1060. The number of carbonyl (C=O) groups excluding carboxylic acids is 3. The molecule has 0 radical (unpaired) electrons. The topological polar surface area (TPSA) is 57.7 Å². The van der Waals surface area contributed by atoms with Gasteiger partial charge in [0.25, 0.3) is 0 Å². The van der Waals surface area contributed by atoms with E-state index in [0.29, 0.717) is 16.3 Å². The average Bonchev–Trinajstić information content (AvgIpc) is 3.36. The fourth-order valence-electron chi connectivity index (χ4n) is 5.42. The quantitative estimate of drug-likeness (QED) is 0.557. The maximum Gasteiger partial charge on any atom is 0.239 e. The van der Waals surface area contributed by atoms with Crippen LogP contribution in [0.1, 0.15) is 34.3 Å². The number of rotatable bonds is 3. The predicted octanol–water partition coefficient (Wildman–Crippen LogP) is 3.79. The van der Waals surface area contributed by atoms with Crippen molar-refractivity contribution < 1.29 is 14.4 Å². The molecule has 0 bridgehead atoms. The van der Waals surface area contributed by atoms with Crippen molar-refractivity contribution in [2.24, 2.45) is 11.8 Å². The molecule has 154 valence electrons. The first kappa shape index (κ1) is 19.5. The normalized spacial score (nSPS) is 28.2. The standard InChI is InChI=1S/C24H23ClN2O3/c1-13-5-10-17(12-14(13)2)27-23(29)19-18-4-3-11-26(18)21(20(19)24(27)30)22(28)15-6-8-16(25)9-7-15/h5-10,12,18-21H,3-4,11H2,1-2H3/t18-,19-,20-,21-/m0/s1. The molecule has 0 aromatic heterocycles. The van der Waals surface area contributed by atoms with Crippen molar-refractivity contribution in [2.45, 2.75) is 38.8 Å². The van der Waals surface area contributed by atoms with Gasteiger partial charge in [-0.1, -0.05) is 17.7 Å². The summed E-state index contributed by atoms with van der Waals surface area (Å²) in [5, 5.41) is 0.558. The highest BCUT2D eigenvalue weighted by Gasteiger charge is 2.64. The van der Waals surface area contributed by atoms with Crippen LogP contribution in [0.5, 0.6) is 0 Å². The highest BCUT2D eigenvalue weighted by molar-refractivity contribution is 6.30. The second-order valence-corrected chi connectivity index (χ2v) is 9.03. The minimum atomic E-state index is -0.632. The number of anilines is 1. The Morgan fingerprint density at radius 1 is 0.967 bits per heavy atom. The molecule has 0 N–H and O–H groups in total. The molecule has 0 saturated carbocycles. The zero-order valence-electron chi connectivity index (χ0n) is 17.0. The summed E-state index contributed by atoms with van der Waals surface area (Å²) in [5.41, 5.74) is 3.27. The van der Waals surface area contributed by atoms with Gasteiger partial charge in [-0.25, -0.2) is 4.90 Å². The maximum absolute atomic E-state index is 13.5. The molecule has 6 heteroatoms. The second kappa shape index (κ2) is 7.03. The Morgan fingerprint density at radius 2 is 1.67 bits per heavy atom. The molecule has 3 heterocycles. The zero-order valence-corrected chi connectivity index (χ0v) is 17.7. The van der Waals surface area contributed by atoms with Gasteiger partial charge in [0.05, 0.1) is 23.6 Å². The number of fused-ring (bicyclic) bond motifs is 3. The van der Waals surface area contributed by atoms with Crippen LogP contribution in [0, 0.1) is 25.7 Å². The van der Waals surface area contributed by atoms with Gasteiger partial charge in [0.15, 0.2) is 5.78 Å². The van der Waals surface area contributed by atoms with Crippen LogP contribution < -0.4 is 4.90 Å². The number of amides is 2. The van der Waals surface area contributed by atoms with Crippen molar-refractivity contribution in [3.63, 3.8) is 0 Å². The van der Waals surface area contributed by atoms with Gasteiger partial charge in [-0.3, -0.25) is 19.3 Å². The van der Waals surface area contributed by atoms with Gasteiger partial charge < -0.3 is 0 Å². The van der Waals surface area contributed by atoms with Gasteiger partial charge in [-0.15, -0.1) is 0 Å². The van der Waals surface area contributed by atoms with Crippen molar-refractivity contribution in [2.75, 3.05) is 11.4 Å². The van der Waals surface area contributed by atoms with Gasteiger partial charge in [0.1, 0.15) is 0 Å². The summed E-state index contributed by atoms with van der Waals surface area (Å²) in [6, 6.07) is 11.8. The van der Waals surface area contributed by atoms with Gasteiger partial charge in [0.2, 0.25) is 11.8 Å². The average molecular weight is 423 g/mol. The molecule has 0 aliphatic carbocycles. The molecule has 2 amide bonds. The Balaban J connectivity index is 1.55. The number of aryl methyl sites for hydroxylation is 2. The number of nitrogens with zero attached hydrogens (tertiary/aromatic N) is 2. The molecule has 4 atom stereocenters. The van der Waals surface area contributed by atoms with E-state index in [0.717, 1.165) is 30.5 Å². The Hall–Kier alpha value is -2.50. The van der Waals surface area contributed by atoms with E-state index >= 15 is 0 Å².